The Morgan fingerprint density at radius 1 is 1.22 bits per heavy atom. The fourth-order valence-electron chi connectivity index (χ4n) is 2.47. The first-order valence-electron chi connectivity index (χ1n) is 6.40. The number of rotatable bonds is 3. The fourth-order valence-corrected chi connectivity index (χ4v) is 2.47. The Hall–Kier alpha value is -1.55. The zero-order valence-electron chi connectivity index (χ0n) is 11.1. The number of nitrogens with zero attached hydrogens (tertiary/aromatic N) is 1. The van der Waals surface area contributed by atoms with Crippen molar-refractivity contribution in [1.29, 1.82) is 0 Å². The van der Waals surface area contributed by atoms with E-state index in [0.717, 1.165) is 31.6 Å². The van der Waals surface area contributed by atoms with Crippen LogP contribution < -0.4 is 10.6 Å². The van der Waals surface area contributed by atoms with Crippen LogP contribution >= 0.6 is 0 Å². The molecule has 0 aliphatic carbocycles. The molecule has 98 valence electrons. The SMILES string of the molecule is CN(C)C(=O)C1(Nc2ccccc2)CCNCC1. The van der Waals surface area contributed by atoms with Crippen LogP contribution in [0, 0.1) is 0 Å². The summed E-state index contributed by atoms with van der Waals surface area (Å²) in [7, 11) is 3.64. The lowest BCUT2D eigenvalue weighted by Gasteiger charge is -2.39. The van der Waals surface area contributed by atoms with Gasteiger partial charge in [0.15, 0.2) is 0 Å². The van der Waals surface area contributed by atoms with E-state index in [1.54, 1.807) is 4.90 Å². The van der Waals surface area contributed by atoms with Crippen LogP contribution in [0.25, 0.3) is 0 Å². The molecule has 1 aliphatic heterocycles. The molecule has 18 heavy (non-hydrogen) atoms. The first kappa shape index (κ1) is 12.9. The van der Waals surface area contributed by atoms with Crippen molar-refractivity contribution in [3.63, 3.8) is 0 Å². The predicted octanol–water partition coefficient (Wildman–Crippen LogP) is 1.31. The van der Waals surface area contributed by atoms with Crippen molar-refractivity contribution >= 4 is 11.6 Å². The normalized spacial score (nSPS) is 18.1. The summed E-state index contributed by atoms with van der Waals surface area (Å²) in [6.45, 7) is 1.75. The molecule has 1 fully saturated rings. The highest BCUT2D eigenvalue weighted by Crippen LogP contribution is 2.26. The molecule has 0 saturated carbocycles. The second kappa shape index (κ2) is 5.40. The quantitative estimate of drug-likeness (QED) is 0.846. The number of anilines is 1. The minimum Gasteiger partial charge on any atom is -0.371 e. The van der Waals surface area contributed by atoms with Crippen molar-refractivity contribution in [2.45, 2.75) is 18.4 Å². The van der Waals surface area contributed by atoms with Crippen LogP contribution in [-0.4, -0.2) is 43.5 Å². The molecule has 0 radical (unpaired) electrons. The lowest BCUT2D eigenvalue weighted by Crippen LogP contribution is -2.57. The van der Waals surface area contributed by atoms with Crippen LogP contribution in [0.15, 0.2) is 30.3 Å². The fraction of sp³-hybridized carbons (Fsp3) is 0.500. The van der Waals surface area contributed by atoms with E-state index >= 15 is 0 Å². The van der Waals surface area contributed by atoms with Gasteiger partial charge in [-0.2, -0.15) is 0 Å². The van der Waals surface area contributed by atoms with E-state index in [2.05, 4.69) is 10.6 Å². The van der Waals surface area contributed by atoms with Crippen molar-refractivity contribution in [2.75, 3.05) is 32.5 Å². The Balaban J connectivity index is 2.22. The molecular formula is C14H21N3O. The Labute approximate surface area is 108 Å². The molecule has 4 nitrogen and oxygen atoms in total. The first-order valence-corrected chi connectivity index (χ1v) is 6.40. The standard InChI is InChI=1S/C14H21N3O/c1-17(2)13(18)14(8-10-15-11-9-14)16-12-6-4-3-5-7-12/h3-7,15-16H,8-11H2,1-2H3. The number of hydrogen-bond donors (Lipinski definition) is 2. The molecule has 1 aromatic rings. The number of hydrogen-bond acceptors (Lipinski definition) is 3. The van der Waals surface area contributed by atoms with Crippen LogP contribution in [-0.2, 0) is 4.79 Å². The average Bonchev–Trinajstić information content (AvgIpc) is 2.40. The number of carbonyl (C=O) groups is 1. The highest BCUT2D eigenvalue weighted by Gasteiger charge is 2.40. The molecule has 2 rings (SSSR count). The zero-order valence-corrected chi connectivity index (χ0v) is 11.1. The van der Waals surface area contributed by atoms with Gasteiger partial charge in [0.1, 0.15) is 5.54 Å². The van der Waals surface area contributed by atoms with Crippen molar-refractivity contribution in [2.24, 2.45) is 0 Å². The van der Waals surface area contributed by atoms with Gasteiger partial charge in [-0.1, -0.05) is 18.2 Å². The minimum absolute atomic E-state index is 0.160. The third-order valence-electron chi connectivity index (χ3n) is 3.43. The molecule has 1 heterocycles. The summed E-state index contributed by atoms with van der Waals surface area (Å²) in [5, 5.41) is 6.75. The zero-order chi connectivity index (χ0) is 13.0. The third-order valence-corrected chi connectivity index (χ3v) is 3.43. The molecule has 1 aliphatic rings. The Morgan fingerprint density at radius 3 is 2.39 bits per heavy atom. The van der Waals surface area contributed by atoms with E-state index < -0.39 is 5.54 Å². The molecule has 4 heteroatoms. The second-order valence-electron chi connectivity index (χ2n) is 5.02. The first-order chi connectivity index (χ1) is 8.64. The lowest BCUT2D eigenvalue weighted by molar-refractivity contribution is -0.134. The molecule has 0 spiro atoms. The van der Waals surface area contributed by atoms with Gasteiger partial charge in [-0.05, 0) is 38.1 Å². The second-order valence-corrected chi connectivity index (χ2v) is 5.02. The van der Waals surface area contributed by atoms with Crippen molar-refractivity contribution < 1.29 is 4.79 Å². The summed E-state index contributed by atoms with van der Waals surface area (Å²) in [6, 6.07) is 9.96. The number of para-hydroxylation sites is 1. The molecule has 1 aromatic carbocycles. The van der Waals surface area contributed by atoms with Crippen LogP contribution in [0.1, 0.15) is 12.8 Å². The van der Waals surface area contributed by atoms with E-state index in [4.69, 9.17) is 0 Å². The molecular weight excluding hydrogens is 226 g/mol. The predicted molar refractivity (Wildman–Crippen MR) is 73.6 cm³/mol. The average molecular weight is 247 g/mol. The summed E-state index contributed by atoms with van der Waals surface area (Å²) < 4.78 is 0. The number of benzene rings is 1. The summed E-state index contributed by atoms with van der Waals surface area (Å²) in [5.41, 5.74) is 0.547. The third kappa shape index (κ3) is 2.64. The summed E-state index contributed by atoms with van der Waals surface area (Å²) in [4.78, 5) is 14.1. The highest BCUT2D eigenvalue weighted by atomic mass is 16.2. The van der Waals surface area contributed by atoms with Gasteiger partial charge in [0.25, 0.3) is 0 Å². The molecule has 0 bridgehead atoms. The maximum Gasteiger partial charge on any atom is 0.247 e. The van der Waals surface area contributed by atoms with Gasteiger partial charge in [-0.25, -0.2) is 0 Å². The Morgan fingerprint density at radius 2 is 1.83 bits per heavy atom. The van der Waals surface area contributed by atoms with Gasteiger partial charge < -0.3 is 15.5 Å². The number of likely N-dealkylation sites (N-methyl/N-ethyl adjacent to an activating group) is 1. The summed E-state index contributed by atoms with van der Waals surface area (Å²) in [5.74, 6) is 0.160. The number of piperidine rings is 1. The lowest BCUT2D eigenvalue weighted by atomic mass is 9.86. The maximum absolute atomic E-state index is 12.5. The number of nitrogens with one attached hydrogen (secondary N) is 2. The van der Waals surface area contributed by atoms with E-state index in [-0.39, 0.29) is 5.91 Å². The Kier molecular flexibility index (Phi) is 3.87. The molecule has 2 N–H and O–H groups in total. The highest BCUT2D eigenvalue weighted by molar-refractivity contribution is 5.89. The van der Waals surface area contributed by atoms with Gasteiger partial charge in [0, 0.05) is 19.8 Å². The monoisotopic (exact) mass is 247 g/mol. The van der Waals surface area contributed by atoms with E-state index in [1.807, 2.05) is 44.4 Å². The van der Waals surface area contributed by atoms with Gasteiger partial charge in [0.2, 0.25) is 5.91 Å². The molecule has 0 unspecified atom stereocenters. The minimum atomic E-state index is -0.462. The number of carbonyl (C=O) groups excluding carboxylic acids is 1. The van der Waals surface area contributed by atoms with Crippen LogP contribution in [0.4, 0.5) is 5.69 Å². The Bertz CT molecular complexity index is 397. The topological polar surface area (TPSA) is 44.4 Å². The summed E-state index contributed by atoms with van der Waals surface area (Å²) >= 11 is 0. The molecule has 1 amide bonds. The van der Waals surface area contributed by atoms with E-state index in [9.17, 15) is 4.79 Å². The van der Waals surface area contributed by atoms with Gasteiger partial charge >= 0.3 is 0 Å². The van der Waals surface area contributed by atoms with Gasteiger partial charge in [-0.3, -0.25) is 4.79 Å². The van der Waals surface area contributed by atoms with Gasteiger partial charge in [0.05, 0.1) is 0 Å². The van der Waals surface area contributed by atoms with Crippen molar-refractivity contribution in [3.8, 4) is 0 Å². The molecule has 0 aromatic heterocycles. The summed E-state index contributed by atoms with van der Waals surface area (Å²) in [6.07, 6.45) is 1.64. The van der Waals surface area contributed by atoms with Crippen LogP contribution in [0.5, 0.6) is 0 Å². The van der Waals surface area contributed by atoms with Gasteiger partial charge in [-0.15, -0.1) is 0 Å². The number of amides is 1. The largest absolute Gasteiger partial charge is 0.371 e. The van der Waals surface area contributed by atoms with Crippen LogP contribution in [0.2, 0.25) is 0 Å². The maximum atomic E-state index is 12.5. The smallest absolute Gasteiger partial charge is 0.247 e. The van der Waals surface area contributed by atoms with Crippen molar-refractivity contribution in [1.82, 2.24) is 10.2 Å². The molecule has 0 atom stereocenters. The van der Waals surface area contributed by atoms with Crippen LogP contribution in [0.3, 0.4) is 0 Å². The van der Waals surface area contributed by atoms with Crippen molar-refractivity contribution in [3.05, 3.63) is 30.3 Å². The van der Waals surface area contributed by atoms with E-state index in [0.29, 0.717) is 0 Å². The molecule has 1 saturated heterocycles. The van der Waals surface area contributed by atoms with E-state index in [1.165, 1.54) is 0 Å².